The van der Waals surface area contributed by atoms with E-state index in [1.54, 1.807) is 23.5 Å². The second-order valence-electron chi connectivity index (χ2n) is 5.91. The van der Waals surface area contributed by atoms with Gasteiger partial charge in [-0.15, -0.1) is 11.3 Å². The van der Waals surface area contributed by atoms with Gasteiger partial charge in [0.05, 0.1) is 4.92 Å². The first-order valence-corrected chi connectivity index (χ1v) is 8.76. The summed E-state index contributed by atoms with van der Waals surface area (Å²) in [7, 11) is 0. The fraction of sp³-hybridized carbons (Fsp3) is 0.353. The van der Waals surface area contributed by atoms with Crippen molar-refractivity contribution in [3.63, 3.8) is 0 Å². The highest BCUT2D eigenvalue weighted by Gasteiger charge is 2.28. The van der Waals surface area contributed by atoms with Gasteiger partial charge >= 0.3 is 0 Å². The molecule has 1 amide bonds. The molecule has 1 aliphatic heterocycles. The molecule has 24 heavy (non-hydrogen) atoms. The Morgan fingerprint density at radius 2 is 2.25 bits per heavy atom. The number of carbonyl (C=O) groups is 1. The summed E-state index contributed by atoms with van der Waals surface area (Å²) >= 11 is 1.78. The van der Waals surface area contributed by atoms with E-state index in [1.165, 1.54) is 16.5 Å². The fourth-order valence-corrected chi connectivity index (χ4v) is 4.28. The molecule has 1 aromatic heterocycles. The molecule has 0 saturated heterocycles. The monoisotopic (exact) mass is 345 g/mol. The molecule has 2 N–H and O–H groups in total. The van der Waals surface area contributed by atoms with E-state index in [0.717, 1.165) is 19.4 Å². The van der Waals surface area contributed by atoms with E-state index in [-0.39, 0.29) is 17.3 Å². The van der Waals surface area contributed by atoms with Gasteiger partial charge in [-0.25, -0.2) is 0 Å². The van der Waals surface area contributed by atoms with Crippen LogP contribution in [0.2, 0.25) is 0 Å². The van der Waals surface area contributed by atoms with Gasteiger partial charge < -0.3 is 5.73 Å². The third kappa shape index (κ3) is 3.05. The quantitative estimate of drug-likeness (QED) is 0.665. The second-order valence-corrected chi connectivity index (χ2v) is 6.91. The first kappa shape index (κ1) is 16.6. The number of rotatable bonds is 5. The predicted octanol–water partition coefficient (Wildman–Crippen LogP) is 3.26. The Labute approximate surface area is 144 Å². The van der Waals surface area contributed by atoms with Crippen molar-refractivity contribution in [2.45, 2.75) is 32.4 Å². The van der Waals surface area contributed by atoms with E-state index in [1.807, 2.05) is 0 Å². The molecule has 0 radical (unpaired) electrons. The lowest BCUT2D eigenvalue weighted by Crippen LogP contribution is -2.34. The van der Waals surface area contributed by atoms with E-state index < -0.39 is 10.8 Å². The predicted molar refractivity (Wildman–Crippen MR) is 93.1 cm³/mol. The van der Waals surface area contributed by atoms with E-state index >= 15 is 0 Å². The SMILES string of the molecule is CC[C@@H]1c2ccsc2CCN1Cc1ccc(C(N)=O)cc1[N+](=O)[O-]. The van der Waals surface area contributed by atoms with Gasteiger partial charge in [-0.2, -0.15) is 0 Å². The van der Waals surface area contributed by atoms with Gasteiger partial charge in [-0.05, 0) is 35.9 Å². The van der Waals surface area contributed by atoms with Crippen LogP contribution in [0.5, 0.6) is 0 Å². The Morgan fingerprint density at radius 3 is 2.92 bits per heavy atom. The van der Waals surface area contributed by atoms with E-state index in [0.29, 0.717) is 12.1 Å². The molecule has 0 unspecified atom stereocenters. The van der Waals surface area contributed by atoms with Crippen LogP contribution in [0.4, 0.5) is 5.69 Å². The second kappa shape index (κ2) is 6.70. The third-order valence-corrected chi connectivity index (χ3v) is 5.53. The maximum Gasteiger partial charge on any atom is 0.274 e. The molecule has 126 valence electrons. The Kier molecular flexibility index (Phi) is 4.64. The van der Waals surface area contributed by atoms with Crippen molar-refractivity contribution < 1.29 is 9.72 Å². The Bertz CT molecular complexity index is 787. The van der Waals surface area contributed by atoms with Crippen LogP contribution in [-0.4, -0.2) is 22.3 Å². The molecule has 1 aliphatic rings. The number of fused-ring (bicyclic) bond motifs is 1. The van der Waals surface area contributed by atoms with Crippen LogP contribution in [0.25, 0.3) is 0 Å². The number of primary amides is 1. The summed E-state index contributed by atoms with van der Waals surface area (Å²) < 4.78 is 0. The summed E-state index contributed by atoms with van der Waals surface area (Å²) in [6.45, 7) is 3.50. The molecule has 0 spiro atoms. The highest BCUT2D eigenvalue weighted by atomic mass is 32.1. The molecule has 1 aromatic carbocycles. The van der Waals surface area contributed by atoms with Gasteiger partial charge in [0.25, 0.3) is 5.69 Å². The number of thiophene rings is 1. The number of hydrogen-bond acceptors (Lipinski definition) is 5. The summed E-state index contributed by atoms with van der Waals surface area (Å²) in [5, 5.41) is 13.5. The minimum absolute atomic E-state index is 0.0442. The zero-order valence-electron chi connectivity index (χ0n) is 13.4. The van der Waals surface area contributed by atoms with Gasteiger partial charge in [-0.3, -0.25) is 19.8 Å². The molecule has 0 fully saturated rings. The van der Waals surface area contributed by atoms with Gasteiger partial charge in [0, 0.05) is 41.2 Å². The molecule has 1 atom stereocenters. The molecular weight excluding hydrogens is 326 g/mol. The molecule has 0 aliphatic carbocycles. The van der Waals surface area contributed by atoms with E-state index in [4.69, 9.17) is 5.73 Å². The van der Waals surface area contributed by atoms with Crippen molar-refractivity contribution in [1.82, 2.24) is 4.90 Å². The molecule has 3 rings (SSSR count). The minimum Gasteiger partial charge on any atom is -0.366 e. The first-order valence-electron chi connectivity index (χ1n) is 7.88. The maximum atomic E-state index is 11.4. The number of nitro benzene ring substituents is 1. The van der Waals surface area contributed by atoms with Crippen molar-refractivity contribution in [2.75, 3.05) is 6.54 Å². The largest absolute Gasteiger partial charge is 0.366 e. The number of nitrogens with zero attached hydrogens (tertiary/aromatic N) is 2. The highest BCUT2D eigenvalue weighted by molar-refractivity contribution is 7.10. The van der Waals surface area contributed by atoms with Crippen LogP contribution in [0.3, 0.4) is 0 Å². The topological polar surface area (TPSA) is 89.5 Å². The maximum absolute atomic E-state index is 11.4. The molecule has 2 aromatic rings. The van der Waals surface area contributed by atoms with E-state index in [2.05, 4.69) is 23.3 Å². The molecule has 2 heterocycles. The fourth-order valence-electron chi connectivity index (χ4n) is 3.36. The molecule has 6 nitrogen and oxygen atoms in total. The van der Waals surface area contributed by atoms with Crippen LogP contribution < -0.4 is 5.73 Å². The van der Waals surface area contributed by atoms with Gasteiger partial charge in [-0.1, -0.05) is 13.0 Å². The number of nitrogens with two attached hydrogens (primary N) is 1. The standard InChI is InChI=1S/C17H19N3O3S/c1-2-14-13-6-8-24-16(13)5-7-19(14)10-12-4-3-11(17(18)21)9-15(12)20(22)23/h3-4,6,8-9,14H,2,5,7,10H2,1H3,(H2,18,21)/t14-/m1/s1. The lowest BCUT2D eigenvalue weighted by Gasteiger charge is -2.35. The molecular formula is C17H19N3O3S. The number of hydrogen-bond donors (Lipinski definition) is 1. The smallest absolute Gasteiger partial charge is 0.274 e. The van der Waals surface area contributed by atoms with Crippen LogP contribution in [-0.2, 0) is 13.0 Å². The lowest BCUT2D eigenvalue weighted by molar-refractivity contribution is -0.385. The van der Waals surface area contributed by atoms with Crippen molar-refractivity contribution in [2.24, 2.45) is 5.73 Å². The normalized spacial score (nSPS) is 17.5. The van der Waals surface area contributed by atoms with Crippen molar-refractivity contribution in [1.29, 1.82) is 0 Å². The zero-order valence-corrected chi connectivity index (χ0v) is 14.2. The summed E-state index contributed by atoms with van der Waals surface area (Å²) in [4.78, 5) is 25.9. The van der Waals surface area contributed by atoms with Crippen LogP contribution in [0, 0.1) is 10.1 Å². The lowest BCUT2D eigenvalue weighted by atomic mass is 9.96. The van der Waals surface area contributed by atoms with Crippen molar-refractivity contribution in [3.05, 3.63) is 61.3 Å². The van der Waals surface area contributed by atoms with Crippen LogP contribution in [0.1, 0.15) is 45.7 Å². The zero-order chi connectivity index (χ0) is 17.3. The highest BCUT2D eigenvalue weighted by Crippen LogP contribution is 2.36. The number of nitro groups is 1. The van der Waals surface area contributed by atoms with E-state index in [9.17, 15) is 14.9 Å². The third-order valence-electron chi connectivity index (χ3n) is 4.53. The van der Waals surface area contributed by atoms with Gasteiger partial charge in [0.1, 0.15) is 0 Å². The Hall–Kier alpha value is -2.25. The molecule has 0 bridgehead atoms. The first-order chi connectivity index (χ1) is 11.5. The number of carbonyl (C=O) groups excluding carboxylic acids is 1. The minimum atomic E-state index is -0.656. The summed E-state index contributed by atoms with van der Waals surface area (Å²) in [6.07, 6.45) is 1.92. The Balaban J connectivity index is 1.91. The van der Waals surface area contributed by atoms with Gasteiger partial charge in [0.15, 0.2) is 0 Å². The summed E-state index contributed by atoms with van der Waals surface area (Å²) in [5.41, 5.74) is 7.30. The molecule has 7 heteroatoms. The number of benzene rings is 1. The average molecular weight is 345 g/mol. The average Bonchev–Trinajstić information content (AvgIpc) is 3.03. The van der Waals surface area contributed by atoms with Crippen molar-refractivity contribution >= 4 is 22.9 Å². The van der Waals surface area contributed by atoms with Gasteiger partial charge in [0.2, 0.25) is 5.91 Å². The number of amides is 1. The summed E-state index contributed by atoms with van der Waals surface area (Å²) in [6, 6.07) is 6.92. The van der Waals surface area contributed by atoms with Crippen LogP contribution >= 0.6 is 11.3 Å². The van der Waals surface area contributed by atoms with Crippen molar-refractivity contribution in [3.8, 4) is 0 Å². The van der Waals surface area contributed by atoms with Crippen LogP contribution in [0.15, 0.2) is 29.6 Å². The Morgan fingerprint density at radius 1 is 1.46 bits per heavy atom. The summed E-state index contributed by atoms with van der Waals surface area (Å²) in [5.74, 6) is -0.656. The molecule has 0 saturated carbocycles.